The smallest absolute Gasteiger partial charge is 0.150 e. The summed E-state index contributed by atoms with van der Waals surface area (Å²) in [5.74, 6) is 0.307. The first-order valence-corrected chi connectivity index (χ1v) is 10.2. The Morgan fingerprint density at radius 2 is 1.70 bits per heavy atom. The van der Waals surface area contributed by atoms with E-state index < -0.39 is 0 Å². The first-order valence-electron chi connectivity index (χ1n) is 10.2. The number of allylic oxidation sites excluding steroid dienone is 4. The second kappa shape index (κ2) is 13.3. The highest BCUT2D eigenvalue weighted by atomic mass is 16.3. The largest absolute Gasteiger partial charge is 0.508 e. The standard InChI is InChI=1S/C22H33NO2.C2H6/c1-7-9-19(8-2)20(12-13-23(16(3)4)17(5)6)21-14-18(15-24)10-11-22(21)25;1-2/h7-11,14-17,20,25H,12-13H2,1-6H3;1-2H3/b9-7-,19-8+;. The van der Waals surface area contributed by atoms with Crippen molar-refractivity contribution >= 4 is 6.29 Å². The van der Waals surface area contributed by atoms with Gasteiger partial charge in [0.25, 0.3) is 0 Å². The maximum Gasteiger partial charge on any atom is 0.150 e. The normalized spacial score (nSPS) is 13.2. The molecule has 1 aromatic rings. The van der Waals surface area contributed by atoms with Gasteiger partial charge in [0.1, 0.15) is 12.0 Å². The molecular weight excluding hydrogens is 334 g/mol. The fraction of sp³-hybridized carbons (Fsp3) is 0.542. The number of phenols is 1. The van der Waals surface area contributed by atoms with Gasteiger partial charge in [-0.1, -0.05) is 32.1 Å². The Morgan fingerprint density at radius 3 is 2.15 bits per heavy atom. The molecule has 1 atom stereocenters. The van der Waals surface area contributed by atoms with Crippen LogP contribution in [0.25, 0.3) is 0 Å². The van der Waals surface area contributed by atoms with Gasteiger partial charge in [-0.25, -0.2) is 0 Å². The van der Waals surface area contributed by atoms with E-state index >= 15 is 0 Å². The molecule has 1 unspecified atom stereocenters. The van der Waals surface area contributed by atoms with E-state index in [2.05, 4.69) is 44.7 Å². The van der Waals surface area contributed by atoms with Crippen LogP contribution in [0.5, 0.6) is 5.75 Å². The predicted molar refractivity (Wildman–Crippen MR) is 118 cm³/mol. The van der Waals surface area contributed by atoms with Crippen molar-refractivity contribution in [2.75, 3.05) is 6.54 Å². The molecule has 27 heavy (non-hydrogen) atoms. The average molecular weight is 374 g/mol. The Morgan fingerprint density at radius 1 is 1.11 bits per heavy atom. The van der Waals surface area contributed by atoms with Crippen molar-refractivity contribution < 1.29 is 9.90 Å². The van der Waals surface area contributed by atoms with Gasteiger partial charge in [-0.05, 0) is 78.3 Å². The summed E-state index contributed by atoms with van der Waals surface area (Å²) in [4.78, 5) is 13.6. The van der Waals surface area contributed by atoms with E-state index in [4.69, 9.17) is 0 Å². The van der Waals surface area contributed by atoms with E-state index in [9.17, 15) is 9.90 Å². The van der Waals surface area contributed by atoms with Gasteiger partial charge >= 0.3 is 0 Å². The number of aromatic hydroxyl groups is 1. The van der Waals surface area contributed by atoms with Gasteiger partial charge in [-0.2, -0.15) is 0 Å². The fourth-order valence-corrected chi connectivity index (χ4v) is 3.42. The van der Waals surface area contributed by atoms with Crippen molar-refractivity contribution in [1.29, 1.82) is 0 Å². The summed E-state index contributed by atoms with van der Waals surface area (Å²) < 4.78 is 0. The number of benzene rings is 1. The minimum atomic E-state index is 0.0566. The summed E-state index contributed by atoms with van der Waals surface area (Å²) in [7, 11) is 0. The van der Waals surface area contributed by atoms with Crippen LogP contribution in [0.4, 0.5) is 0 Å². The van der Waals surface area contributed by atoms with Crippen molar-refractivity contribution in [3.8, 4) is 5.75 Å². The summed E-state index contributed by atoms with van der Waals surface area (Å²) in [6.07, 6.45) is 7.92. The van der Waals surface area contributed by atoms with Crippen LogP contribution in [0.1, 0.15) is 83.7 Å². The summed E-state index contributed by atoms with van der Waals surface area (Å²) in [5, 5.41) is 10.4. The minimum absolute atomic E-state index is 0.0566. The maximum atomic E-state index is 11.2. The highest BCUT2D eigenvalue weighted by Gasteiger charge is 2.22. The maximum absolute atomic E-state index is 11.2. The lowest BCUT2D eigenvalue weighted by Crippen LogP contribution is -2.38. The van der Waals surface area contributed by atoms with Crippen molar-refractivity contribution in [2.24, 2.45) is 0 Å². The van der Waals surface area contributed by atoms with Crippen LogP contribution in [0.2, 0.25) is 0 Å². The lowest BCUT2D eigenvalue weighted by atomic mass is 9.86. The molecule has 0 aliphatic carbocycles. The zero-order valence-electron chi connectivity index (χ0n) is 18.5. The molecule has 0 spiro atoms. The summed E-state index contributed by atoms with van der Waals surface area (Å²) in [5.41, 5.74) is 2.58. The van der Waals surface area contributed by atoms with E-state index in [0.29, 0.717) is 17.6 Å². The van der Waals surface area contributed by atoms with Crippen molar-refractivity contribution in [1.82, 2.24) is 4.90 Å². The van der Waals surface area contributed by atoms with Crippen LogP contribution >= 0.6 is 0 Å². The zero-order chi connectivity index (χ0) is 21.0. The minimum Gasteiger partial charge on any atom is -0.508 e. The molecule has 0 fully saturated rings. The molecule has 1 aromatic carbocycles. The predicted octanol–water partition coefficient (Wildman–Crippen LogP) is 6.35. The molecule has 0 aliphatic heterocycles. The van der Waals surface area contributed by atoms with E-state index in [1.54, 1.807) is 12.1 Å². The fourth-order valence-electron chi connectivity index (χ4n) is 3.42. The Balaban J connectivity index is 0.00000326. The molecule has 0 saturated carbocycles. The number of nitrogens with zero attached hydrogens (tertiary/aromatic N) is 1. The van der Waals surface area contributed by atoms with Crippen LogP contribution in [0.15, 0.2) is 42.0 Å². The molecule has 152 valence electrons. The average Bonchev–Trinajstić information content (AvgIpc) is 2.65. The number of rotatable bonds is 9. The van der Waals surface area contributed by atoms with Crippen molar-refractivity contribution in [3.63, 3.8) is 0 Å². The highest BCUT2D eigenvalue weighted by Crippen LogP contribution is 2.35. The van der Waals surface area contributed by atoms with E-state index in [0.717, 1.165) is 30.4 Å². The number of hydrogen-bond acceptors (Lipinski definition) is 3. The second-order valence-corrected chi connectivity index (χ2v) is 6.99. The third kappa shape index (κ3) is 7.72. The van der Waals surface area contributed by atoms with Crippen molar-refractivity contribution in [2.45, 2.75) is 79.8 Å². The topological polar surface area (TPSA) is 40.5 Å². The Kier molecular flexibility index (Phi) is 12.4. The molecule has 3 nitrogen and oxygen atoms in total. The molecule has 3 heteroatoms. The molecule has 0 aliphatic rings. The summed E-state index contributed by atoms with van der Waals surface area (Å²) in [6.45, 7) is 17.8. The molecule has 0 radical (unpaired) electrons. The Bertz CT molecular complexity index is 607. The first kappa shape index (κ1) is 25.1. The highest BCUT2D eigenvalue weighted by molar-refractivity contribution is 5.76. The van der Waals surface area contributed by atoms with Gasteiger partial charge in [0.05, 0.1) is 0 Å². The SMILES string of the molecule is C/C=C\C(=C/C)C(CCN(C(C)C)C(C)C)c1cc(C=O)ccc1O.CC. The lowest BCUT2D eigenvalue weighted by Gasteiger charge is -2.32. The molecular formula is C24H39NO2. The van der Waals surface area contributed by atoms with E-state index in [-0.39, 0.29) is 11.7 Å². The molecule has 0 aromatic heterocycles. The molecule has 0 saturated heterocycles. The molecule has 0 amide bonds. The monoisotopic (exact) mass is 373 g/mol. The lowest BCUT2D eigenvalue weighted by molar-refractivity contribution is 0.112. The quantitative estimate of drug-likeness (QED) is 0.405. The molecule has 1 N–H and O–H groups in total. The summed E-state index contributed by atoms with van der Waals surface area (Å²) >= 11 is 0. The van der Waals surface area contributed by atoms with Gasteiger partial charge in [0, 0.05) is 29.1 Å². The Labute approximate surface area is 166 Å². The summed E-state index contributed by atoms with van der Waals surface area (Å²) in [6, 6.07) is 6.02. The third-order valence-electron chi connectivity index (χ3n) is 4.66. The van der Waals surface area contributed by atoms with E-state index in [1.807, 2.05) is 39.8 Å². The number of hydrogen-bond donors (Lipinski definition) is 1. The molecule has 0 heterocycles. The zero-order valence-corrected chi connectivity index (χ0v) is 18.5. The number of carbonyl (C=O) groups excluding carboxylic acids is 1. The van der Waals surface area contributed by atoms with Crippen LogP contribution in [0.3, 0.4) is 0 Å². The Hall–Kier alpha value is -1.87. The van der Waals surface area contributed by atoms with Crippen LogP contribution in [-0.4, -0.2) is 34.9 Å². The van der Waals surface area contributed by atoms with Crippen LogP contribution < -0.4 is 0 Å². The van der Waals surface area contributed by atoms with Crippen LogP contribution in [-0.2, 0) is 0 Å². The number of phenolic OH excluding ortho intramolecular Hbond substituents is 1. The number of aldehydes is 1. The van der Waals surface area contributed by atoms with Crippen LogP contribution in [0, 0.1) is 0 Å². The first-order chi connectivity index (χ1) is 12.8. The van der Waals surface area contributed by atoms with Gasteiger partial charge in [0.2, 0.25) is 0 Å². The van der Waals surface area contributed by atoms with Gasteiger partial charge in [-0.15, -0.1) is 0 Å². The molecule has 0 bridgehead atoms. The second-order valence-electron chi connectivity index (χ2n) is 6.99. The van der Waals surface area contributed by atoms with E-state index in [1.165, 1.54) is 0 Å². The van der Waals surface area contributed by atoms with Gasteiger partial charge in [0.15, 0.2) is 0 Å². The van der Waals surface area contributed by atoms with Gasteiger partial charge < -0.3 is 5.11 Å². The third-order valence-corrected chi connectivity index (χ3v) is 4.66. The number of carbonyl (C=O) groups is 1. The molecule has 1 rings (SSSR count). The van der Waals surface area contributed by atoms with Gasteiger partial charge in [-0.3, -0.25) is 9.69 Å². The van der Waals surface area contributed by atoms with Crippen molar-refractivity contribution in [3.05, 3.63) is 53.1 Å².